The third-order valence-corrected chi connectivity index (χ3v) is 3.78. The van der Waals surface area contributed by atoms with E-state index in [1.54, 1.807) is 6.08 Å². The predicted molar refractivity (Wildman–Crippen MR) is 91.0 cm³/mol. The van der Waals surface area contributed by atoms with Gasteiger partial charge in [0.15, 0.2) is 0 Å². The van der Waals surface area contributed by atoms with Crippen LogP contribution in [-0.4, -0.2) is 9.97 Å². The number of aryl methyl sites for hydroxylation is 1. The van der Waals surface area contributed by atoms with Gasteiger partial charge < -0.3 is 9.97 Å². The fourth-order valence-electron chi connectivity index (χ4n) is 2.78. The van der Waals surface area contributed by atoms with Crippen molar-refractivity contribution in [1.82, 2.24) is 9.97 Å². The number of allylic oxidation sites excluding steroid dienone is 2. The molecule has 2 N–H and O–H groups in total. The molecular formula is C19H18N2. The predicted octanol–water partition coefficient (Wildman–Crippen LogP) is 3.11. The topological polar surface area (TPSA) is 31.6 Å². The molecule has 2 heteroatoms. The highest BCUT2D eigenvalue weighted by Crippen LogP contribution is 2.11. The maximum absolute atomic E-state index is 4.24. The number of para-hydroxylation sites is 1. The van der Waals surface area contributed by atoms with Gasteiger partial charge in [-0.2, -0.15) is 0 Å². The molecule has 0 atom stereocenters. The molecule has 0 radical (unpaired) electrons. The Kier molecular flexibility index (Phi) is 3.15. The lowest BCUT2D eigenvalue weighted by Gasteiger charge is -1.90. The summed E-state index contributed by atoms with van der Waals surface area (Å²) in [7, 11) is 0. The van der Waals surface area contributed by atoms with Gasteiger partial charge in [0.05, 0.1) is 5.35 Å². The Morgan fingerprint density at radius 1 is 1.10 bits per heavy atom. The van der Waals surface area contributed by atoms with Gasteiger partial charge in [-0.25, -0.2) is 0 Å². The molecule has 0 fully saturated rings. The van der Waals surface area contributed by atoms with Crippen LogP contribution in [0.1, 0.15) is 11.3 Å². The second kappa shape index (κ2) is 4.98. The van der Waals surface area contributed by atoms with Crippen molar-refractivity contribution in [2.45, 2.75) is 6.92 Å². The second-order valence-corrected chi connectivity index (χ2v) is 5.14. The molecule has 0 aliphatic heterocycles. The quantitative estimate of drug-likeness (QED) is 0.673. The lowest BCUT2D eigenvalue weighted by molar-refractivity contribution is 1.21. The van der Waals surface area contributed by atoms with Crippen molar-refractivity contribution in [3.05, 3.63) is 75.4 Å². The molecule has 0 aliphatic rings. The average molecular weight is 274 g/mol. The third kappa shape index (κ3) is 2.05. The van der Waals surface area contributed by atoms with Crippen LogP contribution in [0.2, 0.25) is 0 Å². The Morgan fingerprint density at radius 2 is 1.86 bits per heavy atom. The van der Waals surface area contributed by atoms with Gasteiger partial charge in [-0.3, -0.25) is 0 Å². The van der Waals surface area contributed by atoms with Gasteiger partial charge in [0.1, 0.15) is 0 Å². The summed E-state index contributed by atoms with van der Waals surface area (Å²) in [5, 5.41) is 5.14. The molecule has 0 bridgehead atoms. The van der Waals surface area contributed by atoms with Crippen LogP contribution in [-0.2, 0) is 0 Å². The lowest BCUT2D eigenvalue weighted by atomic mass is 10.1. The molecule has 2 nitrogen and oxygen atoms in total. The fourth-order valence-corrected chi connectivity index (χ4v) is 2.78. The Bertz CT molecular complexity index is 1050. The van der Waals surface area contributed by atoms with Crippen molar-refractivity contribution in [3.8, 4) is 0 Å². The number of benzene rings is 1. The normalized spacial score (nSPS) is 13.2. The minimum Gasteiger partial charge on any atom is -0.359 e. The van der Waals surface area contributed by atoms with Gasteiger partial charge in [-0.05, 0) is 13.0 Å². The zero-order valence-electron chi connectivity index (χ0n) is 12.2. The highest BCUT2D eigenvalue weighted by molar-refractivity contribution is 5.80. The number of rotatable bonds is 2. The van der Waals surface area contributed by atoms with Crippen molar-refractivity contribution >= 4 is 30.1 Å². The SMILES string of the molecule is C=C/C=C\c1c(C)[nH]c(=C)/c1=c1\[nH]c2ccccc2c1=C. The summed E-state index contributed by atoms with van der Waals surface area (Å²) in [5.74, 6) is 0. The van der Waals surface area contributed by atoms with Crippen molar-refractivity contribution in [3.63, 3.8) is 0 Å². The van der Waals surface area contributed by atoms with Gasteiger partial charge in [0, 0.05) is 37.9 Å². The number of fused-ring (bicyclic) bond motifs is 1. The summed E-state index contributed by atoms with van der Waals surface area (Å²) in [6, 6.07) is 8.20. The van der Waals surface area contributed by atoms with E-state index in [0.717, 1.165) is 43.3 Å². The zero-order valence-corrected chi connectivity index (χ0v) is 12.2. The maximum atomic E-state index is 4.24. The summed E-state index contributed by atoms with van der Waals surface area (Å²) >= 11 is 0. The van der Waals surface area contributed by atoms with Crippen LogP contribution in [0.25, 0.3) is 30.1 Å². The molecule has 0 saturated heterocycles. The van der Waals surface area contributed by atoms with Crippen molar-refractivity contribution in [1.29, 1.82) is 0 Å². The molecule has 104 valence electrons. The first-order valence-corrected chi connectivity index (χ1v) is 6.90. The fraction of sp³-hybridized carbons (Fsp3) is 0.0526. The first kappa shape index (κ1) is 13.3. The summed E-state index contributed by atoms with van der Waals surface area (Å²) in [4.78, 5) is 6.78. The Labute approximate surface area is 123 Å². The molecule has 3 aromatic rings. The highest BCUT2D eigenvalue weighted by Gasteiger charge is 2.05. The van der Waals surface area contributed by atoms with E-state index in [9.17, 15) is 0 Å². The van der Waals surface area contributed by atoms with Gasteiger partial charge >= 0.3 is 0 Å². The van der Waals surface area contributed by atoms with Crippen molar-refractivity contribution in [2.24, 2.45) is 0 Å². The molecule has 2 aromatic heterocycles. The largest absolute Gasteiger partial charge is 0.359 e. The van der Waals surface area contributed by atoms with E-state index in [1.807, 2.05) is 31.2 Å². The Balaban J connectivity index is 2.61. The molecule has 0 spiro atoms. The molecular weight excluding hydrogens is 256 g/mol. The van der Waals surface area contributed by atoms with Crippen LogP contribution >= 0.6 is 0 Å². The molecule has 21 heavy (non-hydrogen) atoms. The van der Waals surface area contributed by atoms with E-state index in [2.05, 4.69) is 41.8 Å². The van der Waals surface area contributed by atoms with Crippen molar-refractivity contribution in [2.75, 3.05) is 0 Å². The minimum absolute atomic E-state index is 0.896. The highest BCUT2D eigenvalue weighted by atomic mass is 14.7. The molecule has 0 saturated carbocycles. The number of hydrogen-bond acceptors (Lipinski definition) is 0. The first-order valence-electron chi connectivity index (χ1n) is 6.90. The van der Waals surface area contributed by atoms with E-state index in [1.165, 1.54) is 0 Å². The molecule has 0 amide bonds. The summed E-state index contributed by atoms with van der Waals surface area (Å²) in [6.45, 7) is 14.2. The maximum Gasteiger partial charge on any atom is 0.0560 e. The van der Waals surface area contributed by atoms with E-state index in [4.69, 9.17) is 0 Å². The average Bonchev–Trinajstić information content (AvgIpc) is 2.94. The van der Waals surface area contributed by atoms with Crippen LogP contribution < -0.4 is 10.6 Å². The van der Waals surface area contributed by atoms with Gasteiger partial charge in [0.25, 0.3) is 0 Å². The third-order valence-electron chi connectivity index (χ3n) is 3.78. The zero-order chi connectivity index (χ0) is 15.0. The molecule has 0 aliphatic carbocycles. The Hall–Kier alpha value is -2.74. The summed E-state index contributed by atoms with van der Waals surface area (Å²) < 4.78 is 0. The Morgan fingerprint density at radius 3 is 2.57 bits per heavy atom. The monoisotopic (exact) mass is 274 g/mol. The standard InChI is InChI=1S/C19H18N2/c1-5-6-9-16-13(3)20-14(4)18(16)19-12(2)15-10-7-8-11-17(15)21-19/h5-11,20-21H,1-2,4H2,3H3/b9-6-,19-18+. The van der Waals surface area contributed by atoms with Crippen LogP contribution in [0.5, 0.6) is 0 Å². The molecule has 0 unspecified atom stereocenters. The van der Waals surface area contributed by atoms with E-state index < -0.39 is 0 Å². The first-order chi connectivity index (χ1) is 10.1. The molecule has 1 aromatic carbocycles. The lowest BCUT2D eigenvalue weighted by Crippen LogP contribution is -2.05. The number of aromatic nitrogens is 2. The summed E-state index contributed by atoms with van der Waals surface area (Å²) in [5.41, 5.74) is 3.30. The van der Waals surface area contributed by atoms with Crippen molar-refractivity contribution < 1.29 is 0 Å². The number of H-pyrrole nitrogens is 2. The smallest absolute Gasteiger partial charge is 0.0560 e. The van der Waals surface area contributed by atoms with E-state index in [-0.39, 0.29) is 0 Å². The summed E-state index contributed by atoms with van der Waals surface area (Å²) in [6.07, 6.45) is 5.76. The van der Waals surface area contributed by atoms with E-state index in [0.29, 0.717) is 0 Å². The second-order valence-electron chi connectivity index (χ2n) is 5.14. The van der Waals surface area contributed by atoms with Gasteiger partial charge in [-0.15, -0.1) is 0 Å². The van der Waals surface area contributed by atoms with Crippen LogP contribution in [0, 0.1) is 17.5 Å². The number of aromatic amines is 2. The minimum atomic E-state index is 0.896. The van der Waals surface area contributed by atoms with Gasteiger partial charge in [0.2, 0.25) is 0 Å². The number of nitrogens with one attached hydrogen (secondary N) is 2. The van der Waals surface area contributed by atoms with Crippen LogP contribution in [0.4, 0.5) is 0 Å². The van der Waals surface area contributed by atoms with Crippen LogP contribution in [0.3, 0.4) is 0 Å². The molecule has 2 heterocycles. The van der Waals surface area contributed by atoms with E-state index >= 15 is 0 Å². The molecule has 3 rings (SSSR count). The van der Waals surface area contributed by atoms with Crippen LogP contribution in [0.15, 0.2) is 43.0 Å². The number of hydrogen-bond donors (Lipinski definition) is 2. The van der Waals surface area contributed by atoms with Gasteiger partial charge in [-0.1, -0.05) is 56.2 Å².